The summed E-state index contributed by atoms with van der Waals surface area (Å²) in [7, 11) is 0. The molecule has 106 valence electrons. The molecule has 2 unspecified atom stereocenters. The van der Waals surface area contributed by atoms with Crippen molar-refractivity contribution in [3.63, 3.8) is 0 Å². The van der Waals surface area contributed by atoms with E-state index in [4.69, 9.17) is 5.73 Å². The van der Waals surface area contributed by atoms with E-state index in [0.717, 1.165) is 18.5 Å². The van der Waals surface area contributed by atoms with Gasteiger partial charge in [-0.2, -0.15) is 0 Å². The summed E-state index contributed by atoms with van der Waals surface area (Å²) in [6.07, 6.45) is 8.12. The lowest BCUT2D eigenvalue weighted by Gasteiger charge is -2.57. The summed E-state index contributed by atoms with van der Waals surface area (Å²) >= 11 is 0. The highest BCUT2D eigenvalue weighted by molar-refractivity contribution is 5.08. The van der Waals surface area contributed by atoms with Gasteiger partial charge in [0.2, 0.25) is 0 Å². The quantitative estimate of drug-likeness (QED) is 0.834. The van der Waals surface area contributed by atoms with Gasteiger partial charge in [-0.15, -0.1) is 0 Å². The molecule has 0 bridgehead atoms. The van der Waals surface area contributed by atoms with Gasteiger partial charge in [0.15, 0.2) is 0 Å². The van der Waals surface area contributed by atoms with Crippen LogP contribution in [-0.2, 0) is 0 Å². The van der Waals surface area contributed by atoms with Crippen LogP contribution >= 0.6 is 0 Å². The lowest BCUT2D eigenvalue weighted by atomic mass is 9.61. The molecule has 0 spiro atoms. The number of likely N-dealkylation sites (tertiary alicyclic amines) is 1. The highest BCUT2D eigenvalue weighted by Crippen LogP contribution is 2.49. The Morgan fingerprint density at radius 2 is 1.83 bits per heavy atom. The summed E-state index contributed by atoms with van der Waals surface area (Å²) in [4.78, 5) is 2.82. The monoisotopic (exact) mass is 252 g/mol. The molecular formula is C16H32N2. The van der Waals surface area contributed by atoms with Crippen molar-refractivity contribution in [2.75, 3.05) is 13.1 Å². The van der Waals surface area contributed by atoms with Gasteiger partial charge in [-0.1, -0.05) is 40.5 Å². The largest absolute Gasteiger partial charge is 0.329 e. The lowest BCUT2D eigenvalue weighted by Crippen LogP contribution is -2.65. The number of hydrogen-bond acceptors (Lipinski definition) is 2. The Labute approximate surface area is 113 Å². The van der Waals surface area contributed by atoms with Crippen molar-refractivity contribution < 1.29 is 0 Å². The fourth-order valence-electron chi connectivity index (χ4n) is 4.60. The fourth-order valence-corrected chi connectivity index (χ4v) is 4.60. The Kier molecular flexibility index (Phi) is 4.08. The van der Waals surface area contributed by atoms with Gasteiger partial charge < -0.3 is 5.73 Å². The van der Waals surface area contributed by atoms with Gasteiger partial charge in [-0.25, -0.2) is 0 Å². The third kappa shape index (κ3) is 2.12. The minimum Gasteiger partial charge on any atom is -0.329 e. The van der Waals surface area contributed by atoms with Crippen LogP contribution in [0.3, 0.4) is 0 Å². The molecule has 0 radical (unpaired) electrons. The van der Waals surface area contributed by atoms with Crippen LogP contribution < -0.4 is 5.73 Å². The van der Waals surface area contributed by atoms with Gasteiger partial charge in [-0.05, 0) is 43.6 Å². The Morgan fingerprint density at radius 1 is 1.17 bits per heavy atom. The summed E-state index contributed by atoms with van der Waals surface area (Å²) in [5.74, 6) is 0.758. The summed E-state index contributed by atoms with van der Waals surface area (Å²) in [6, 6.07) is 0.755. The predicted molar refractivity (Wildman–Crippen MR) is 78.6 cm³/mol. The Bertz CT molecular complexity index is 285. The normalized spacial score (nSPS) is 37.3. The number of nitrogens with two attached hydrogens (primary N) is 1. The van der Waals surface area contributed by atoms with Crippen LogP contribution in [0.4, 0.5) is 0 Å². The maximum Gasteiger partial charge on any atom is 0.0385 e. The highest BCUT2D eigenvalue weighted by Gasteiger charge is 2.52. The van der Waals surface area contributed by atoms with E-state index in [1.807, 2.05) is 0 Å². The van der Waals surface area contributed by atoms with Gasteiger partial charge in [0.05, 0.1) is 0 Å². The summed E-state index contributed by atoms with van der Waals surface area (Å²) < 4.78 is 0. The van der Waals surface area contributed by atoms with E-state index in [-0.39, 0.29) is 5.54 Å². The van der Waals surface area contributed by atoms with E-state index in [2.05, 4.69) is 32.6 Å². The molecule has 1 heterocycles. The van der Waals surface area contributed by atoms with Crippen molar-refractivity contribution in [2.24, 2.45) is 17.1 Å². The molecule has 1 saturated heterocycles. The first-order chi connectivity index (χ1) is 8.44. The second kappa shape index (κ2) is 5.13. The SMILES string of the molecule is CC(C)C1CCCN1C1(CN)CCCCC1(C)C. The third-order valence-electron chi connectivity index (χ3n) is 5.86. The smallest absolute Gasteiger partial charge is 0.0385 e. The summed E-state index contributed by atoms with van der Waals surface area (Å²) in [5.41, 5.74) is 6.95. The molecule has 0 amide bonds. The zero-order chi connectivity index (χ0) is 13.4. The van der Waals surface area contributed by atoms with Gasteiger partial charge in [0.1, 0.15) is 0 Å². The van der Waals surface area contributed by atoms with Crippen molar-refractivity contribution in [3.8, 4) is 0 Å². The summed E-state index contributed by atoms with van der Waals surface area (Å²) in [5, 5.41) is 0. The molecule has 2 rings (SSSR count). The average Bonchev–Trinajstić information content (AvgIpc) is 2.78. The van der Waals surface area contributed by atoms with Crippen LogP contribution in [0.15, 0.2) is 0 Å². The summed E-state index contributed by atoms with van der Waals surface area (Å²) in [6.45, 7) is 11.8. The average molecular weight is 252 g/mol. The zero-order valence-corrected chi connectivity index (χ0v) is 12.8. The molecule has 2 N–H and O–H groups in total. The van der Waals surface area contributed by atoms with Crippen LogP contribution in [0.2, 0.25) is 0 Å². The Balaban J connectivity index is 2.30. The molecule has 1 saturated carbocycles. The fraction of sp³-hybridized carbons (Fsp3) is 1.00. The lowest BCUT2D eigenvalue weighted by molar-refractivity contribution is -0.0596. The third-order valence-corrected chi connectivity index (χ3v) is 5.86. The van der Waals surface area contributed by atoms with Crippen molar-refractivity contribution in [2.45, 2.75) is 77.8 Å². The maximum absolute atomic E-state index is 6.31. The van der Waals surface area contributed by atoms with E-state index in [1.165, 1.54) is 45.1 Å². The van der Waals surface area contributed by atoms with Gasteiger partial charge in [-0.3, -0.25) is 4.90 Å². The number of rotatable bonds is 3. The van der Waals surface area contributed by atoms with E-state index < -0.39 is 0 Å². The molecule has 2 aliphatic rings. The molecule has 0 aromatic carbocycles. The van der Waals surface area contributed by atoms with Gasteiger partial charge in [0.25, 0.3) is 0 Å². The maximum atomic E-state index is 6.31. The van der Waals surface area contributed by atoms with E-state index in [9.17, 15) is 0 Å². The molecule has 1 aliphatic carbocycles. The van der Waals surface area contributed by atoms with Gasteiger partial charge >= 0.3 is 0 Å². The molecule has 2 nitrogen and oxygen atoms in total. The van der Waals surface area contributed by atoms with Crippen LogP contribution in [0.1, 0.15) is 66.2 Å². The zero-order valence-electron chi connectivity index (χ0n) is 12.8. The molecule has 2 heteroatoms. The molecule has 2 fully saturated rings. The highest BCUT2D eigenvalue weighted by atomic mass is 15.3. The molecule has 1 aliphatic heterocycles. The second-order valence-corrected chi connectivity index (χ2v) is 7.47. The minimum atomic E-state index is 0.261. The van der Waals surface area contributed by atoms with Crippen LogP contribution in [0.5, 0.6) is 0 Å². The standard InChI is InChI=1S/C16H32N2/c1-13(2)14-8-7-11-18(14)16(12-17)10-6-5-9-15(16,3)4/h13-14H,5-12,17H2,1-4H3. The molecule has 0 aromatic rings. The first-order valence-electron chi connectivity index (χ1n) is 7.91. The first-order valence-corrected chi connectivity index (χ1v) is 7.91. The Morgan fingerprint density at radius 3 is 2.39 bits per heavy atom. The van der Waals surface area contributed by atoms with E-state index in [0.29, 0.717) is 5.41 Å². The molecular weight excluding hydrogens is 220 g/mol. The van der Waals surface area contributed by atoms with Crippen molar-refractivity contribution in [1.29, 1.82) is 0 Å². The van der Waals surface area contributed by atoms with Crippen LogP contribution in [0, 0.1) is 11.3 Å². The second-order valence-electron chi connectivity index (χ2n) is 7.47. The van der Waals surface area contributed by atoms with Gasteiger partial charge in [0, 0.05) is 18.1 Å². The first kappa shape index (κ1) is 14.3. The van der Waals surface area contributed by atoms with Crippen molar-refractivity contribution in [1.82, 2.24) is 4.90 Å². The van der Waals surface area contributed by atoms with Crippen molar-refractivity contribution in [3.05, 3.63) is 0 Å². The Hall–Kier alpha value is -0.0800. The number of hydrogen-bond donors (Lipinski definition) is 1. The van der Waals surface area contributed by atoms with Crippen LogP contribution in [0.25, 0.3) is 0 Å². The van der Waals surface area contributed by atoms with Crippen LogP contribution in [-0.4, -0.2) is 29.6 Å². The number of nitrogens with zero attached hydrogens (tertiary/aromatic N) is 1. The van der Waals surface area contributed by atoms with E-state index >= 15 is 0 Å². The van der Waals surface area contributed by atoms with E-state index in [1.54, 1.807) is 0 Å². The van der Waals surface area contributed by atoms with Crippen molar-refractivity contribution >= 4 is 0 Å². The minimum absolute atomic E-state index is 0.261. The predicted octanol–water partition coefficient (Wildman–Crippen LogP) is 3.40. The topological polar surface area (TPSA) is 29.3 Å². The molecule has 18 heavy (non-hydrogen) atoms. The molecule has 0 aromatic heterocycles. The molecule has 2 atom stereocenters.